The first-order valence-electron chi connectivity index (χ1n) is 12.1. The quantitative estimate of drug-likeness (QED) is 0.305. The van der Waals surface area contributed by atoms with Gasteiger partial charge in [0.2, 0.25) is 5.78 Å². The molecule has 8 nitrogen and oxygen atoms in total. The maximum absolute atomic E-state index is 13.7. The van der Waals surface area contributed by atoms with Gasteiger partial charge in [0.05, 0.1) is 25.3 Å². The molecule has 0 aliphatic carbocycles. The maximum Gasteiger partial charge on any atom is 0.290 e. The van der Waals surface area contributed by atoms with E-state index in [1.54, 1.807) is 18.2 Å². The van der Waals surface area contributed by atoms with Gasteiger partial charge in [-0.25, -0.2) is 0 Å². The van der Waals surface area contributed by atoms with E-state index < -0.39 is 23.5 Å². The van der Waals surface area contributed by atoms with Crippen molar-refractivity contribution in [1.82, 2.24) is 9.80 Å². The third-order valence-corrected chi connectivity index (χ3v) is 6.25. The van der Waals surface area contributed by atoms with E-state index in [1.807, 2.05) is 49.3 Å². The number of carbonyl (C=O) groups excluding carboxylic acids is 2. The first-order chi connectivity index (χ1) is 17.3. The molecule has 1 aromatic heterocycles. The van der Waals surface area contributed by atoms with Gasteiger partial charge in [-0.1, -0.05) is 37.6 Å². The summed E-state index contributed by atoms with van der Waals surface area (Å²) in [4.78, 5) is 30.3. The topological polar surface area (TPSA) is 92.4 Å². The van der Waals surface area contributed by atoms with Crippen LogP contribution in [0, 0.1) is 0 Å². The van der Waals surface area contributed by atoms with Crippen LogP contribution in [0.2, 0.25) is 0 Å². The lowest BCUT2D eigenvalue weighted by atomic mass is 9.95. The van der Waals surface area contributed by atoms with Crippen molar-refractivity contribution < 1.29 is 28.6 Å². The molecule has 36 heavy (non-hydrogen) atoms. The van der Waals surface area contributed by atoms with E-state index in [4.69, 9.17) is 13.9 Å². The normalized spacial score (nSPS) is 15.9. The van der Waals surface area contributed by atoms with Crippen molar-refractivity contribution in [3.63, 3.8) is 0 Å². The van der Waals surface area contributed by atoms with E-state index >= 15 is 0 Å². The van der Waals surface area contributed by atoms with Crippen LogP contribution in [-0.2, 0) is 4.79 Å². The molecular weight excluding hydrogens is 460 g/mol. The van der Waals surface area contributed by atoms with Gasteiger partial charge in [-0.3, -0.25) is 9.59 Å². The number of rotatable bonds is 11. The van der Waals surface area contributed by atoms with E-state index in [0.29, 0.717) is 47.7 Å². The number of ether oxygens (including phenoxy) is 2. The summed E-state index contributed by atoms with van der Waals surface area (Å²) in [7, 11) is 5.33. The Morgan fingerprint density at radius 3 is 2.58 bits per heavy atom. The van der Waals surface area contributed by atoms with Crippen molar-refractivity contribution in [2.45, 2.75) is 25.8 Å². The predicted molar refractivity (Wildman–Crippen MR) is 137 cm³/mol. The number of carbonyl (C=O) groups is 2. The molecule has 1 atom stereocenters. The number of para-hydroxylation sites is 1. The molecule has 0 saturated carbocycles. The van der Waals surface area contributed by atoms with Gasteiger partial charge in [0.15, 0.2) is 22.9 Å². The molecule has 1 amide bonds. The molecular formula is C28H32N2O6. The number of benzene rings is 2. The number of Topliss-reactive ketones (excluding diaryl/α,β-unsaturated/α-hetero) is 1. The number of methoxy groups -OCH3 is 1. The zero-order valence-corrected chi connectivity index (χ0v) is 21.1. The SMILES string of the molecule is CCCCOc1ccc(C2C(C(=O)c3cc4cccc(OC)c4o3)=C(O)C(=O)N2CCN(C)C)cc1. The molecule has 0 radical (unpaired) electrons. The van der Waals surface area contributed by atoms with Crippen LogP contribution in [0.5, 0.6) is 11.5 Å². The lowest BCUT2D eigenvalue weighted by Crippen LogP contribution is -2.36. The molecule has 1 aliphatic heterocycles. The number of unbranched alkanes of at least 4 members (excludes halogenated alkanes) is 1. The fourth-order valence-corrected chi connectivity index (χ4v) is 4.29. The van der Waals surface area contributed by atoms with Crippen molar-refractivity contribution in [3.05, 3.63) is 71.2 Å². The largest absolute Gasteiger partial charge is 0.503 e. The van der Waals surface area contributed by atoms with Gasteiger partial charge < -0.3 is 28.8 Å². The van der Waals surface area contributed by atoms with Gasteiger partial charge in [0.25, 0.3) is 5.91 Å². The maximum atomic E-state index is 13.7. The van der Waals surface area contributed by atoms with Crippen LogP contribution in [0.25, 0.3) is 11.0 Å². The molecule has 3 aromatic rings. The molecule has 190 valence electrons. The lowest BCUT2D eigenvalue weighted by molar-refractivity contribution is -0.129. The zero-order valence-electron chi connectivity index (χ0n) is 21.1. The average molecular weight is 493 g/mol. The van der Waals surface area contributed by atoms with Crippen LogP contribution < -0.4 is 9.47 Å². The molecule has 2 aromatic carbocycles. The van der Waals surface area contributed by atoms with Crippen molar-refractivity contribution >= 4 is 22.7 Å². The molecule has 0 spiro atoms. The highest BCUT2D eigenvalue weighted by atomic mass is 16.5. The Bertz CT molecular complexity index is 1270. The number of fused-ring (bicyclic) bond motifs is 1. The Labute approximate surface area is 210 Å². The second-order valence-corrected chi connectivity index (χ2v) is 9.06. The Morgan fingerprint density at radius 1 is 1.17 bits per heavy atom. The van der Waals surface area contributed by atoms with E-state index in [9.17, 15) is 14.7 Å². The number of furan rings is 1. The summed E-state index contributed by atoms with van der Waals surface area (Å²) in [5.41, 5.74) is 1.13. The summed E-state index contributed by atoms with van der Waals surface area (Å²) < 4.78 is 17.0. The molecule has 1 N–H and O–H groups in total. The molecule has 0 saturated heterocycles. The van der Waals surface area contributed by atoms with Gasteiger partial charge >= 0.3 is 0 Å². The lowest BCUT2D eigenvalue weighted by Gasteiger charge is -2.28. The number of hydrogen-bond donors (Lipinski definition) is 1. The summed E-state index contributed by atoms with van der Waals surface area (Å²) in [6.45, 7) is 3.62. The Morgan fingerprint density at radius 2 is 1.92 bits per heavy atom. The number of aliphatic hydroxyl groups is 1. The van der Waals surface area contributed by atoms with E-state index in [-0.39, 0.29) is 11.3 Å². The second-order valence-electron chi connectivity index (χ2n) is 9.06. The standard InChI is InChI=1S/C28H32N2O6/c1-5-6-16-35-20-12-10-18(11-13-20)24-23(26(32)28(33)30(24)15-14-29(2)3)25(31)22-17-19-8-7-9-21(34-4)27(19)36-22/h7-13,17,24,32H,5-6,14-16H2,1-4H3. The van der Waals surface area contributed by atoms with Crippen LogP contribution in [0.1, 0.15) is 41.9 Å². The number of ketones is 1. The zero-order chi connectivity index (χ0) is 25.8. The van der Waals surface area contributed by atoms with Crippen LogP contribution in [0.3, 0.4) is 0 Å². The van der Waals surface area contributed by atoms with Crippen LogP contribution in [-0.4, -0.2) is 67.5 Å². The summed E-state index contributed by atoms with van der Waals surface area (Å²) in [5.74, 6) is -0.443. The van der Waals surface area contributed by atoms with Gasteiger partial charge in [0, 0.05) is 18.5 Å². The van der Waals surface area contributed by atoms with Gasteiger partial charge in [-0.2, -0.15) is 0 Å². The van der Waals surface area contributed by atoms with Gasteiger partial charge in [0.1, 0.15) is 5.75 Å². The third kappa shape index (κ3) is 4.95. The van der Waals surface area contributed by atoms with Gasteiger partial charge in [-0.05, 0) is 50.3 Å². The number of amides is 1. The first kappa shape index (κ1) is 25.3. The average Bonchev–Trinajstić information content (AvgIpc) is 3.42. The number of aliphatic hydroxyl groups excluding tert-OH is 1. The van der Waals surface area contributed by atoms with Crippen molar-refractivity contribution in [2.24, 2.45) is 0 Å². The van der Waals surface area contributed by atoms with Crippen LogP contribution in [0.4, 0.5) is 0 Å². The Hall–Kier alpha value is -3.78. The highest BCUT2D eigenvalue weighted by Crippen LogP contribution is 2.40. The second kappa shape index (κ2) is 10.9. The minimum atomic E-state index is -0.759. The van der Waals surface area contributed by atoms with E-state index in [0.717, 1.165) is 12.8 Å². The summed E-state index contributed by atoms with van der Waals surface area (Å²) in [6, 6.07) is 13.5. The molecule has 1 unspecified atom stereocenters. The molecule has 1 aliphatic rings. The van der Waals surface area contributed by atoms with E-state index in [1.165, 1.54) is 12.0 Å². The summed E-state index contributed by atoms with van der Waals surface area (Å²) in [6.07, 6.45) is 1.99. The molecule has 4 rings (SSSR count). The first-order valence-corrected chi connectivity index (χ1v) is 12.1. The highest BCUT2D eigenvalue weighted by Gasteiger charge is 2.44. The molecule has 0 fully saturated rings. The highest BCUT2D eigenvalue weighted by molar-refractivity contribution is 6.16. The van der Waals surface area contributed by atoms with Crippen molar-refractivity contribution in [3.8, 4) is 11.5 Å². The number of hydrogen-bond acceptors (Lipinski definition) is 7. The fraction of sp³-hybridized carbons (Fsp3) is 0.357. The summed E-state index contributed by atoms with van der Waals surface area (Å²) >= 11 is 0. The third-order valence-electron chi connectivity index (χ3n) is 6.25. The smallest absolute Gasteiger partial charge is 0.290 e. The van der Waals surface area contributed by atoms with Gasteiger partial charge in [-0.15, -0.1) is 0 Å². The number of nitrogens with zero attached hydrogens (tertiary/aromatic N) is 2. The van der Waals surface area contributed by atoms with Crippen molar-refractivity contribution in [1.29, 1.82) is 0 Å². The van der Waals surface area contributed by atoms with Crippen molar-refractivity contribution in [2.75, 3.05) is 40.9 Å². The fourth-order valence-electron chi connectivity index (χ4n) is 4.29. The monoisotopic (exact) mass is 492 g/mol. The van der Waals surface area contributed by atoms with Crippen LogP contribution >= 0.6 is 0 Å². The Kier molecular flexibility index (Phi) is 7.64. The molecule has 2 heterocycles. The molecule has 0 bridgehead atoms. The Balaban J connectivity index is 1.72. The minimum Gasteiger partial charge on any atom is -0.503 e. The predicted octanol–water partition coefficient (Wildman–Crippen LogP) is 4.76. The number of likely N-dealkylation sites (N-methyl/N-ethyl adjacent to an activating group) is 1. The minimum absolute atomic E-state index is 0.00331. The van der Waals surface area contributed by atoms with Crippen LogP contribution in [0.15, 0.2) is 64.3 Å². The molecule has 8 heteroatoms. The summed E-state index contributed by atoms with van der Waals surface area (Å²) in [5, 5.41) is 11.6. The van der Waals surface area contributed by atoms with E-state index in [2.05, 4.69) is 6.92 Å².